The Hall–Kier alpha value is 2.34. The van der Waals surface area contributed by atoms with Crippen LogP contribution in [-0.2, 0) is 19.5 Å². The molecule has 0 N–H and O–H groups in total. The van der Waals surface area contributed by atoms with Gasteiger partial charge in [-0.1, -0.05) is 0 Å². The van der Waals surface area contributed by atoms with Crippen LogP contribution < -0.4 is 0 Å². The molecule has 0 aliphatic carbocycles. The second kappa shape index (κ2) is 13.0. The van der Waals surface area contributed by atoms with Crippen molar-refractivity contribution in [3.05, 3.63) is 0 Å². The average molecular weight is 547 g/mol. The van der Waals surface area contributed by atoms with Crippen molar-refractivity contribution < 1.29 is 19.5 Å². The minimum Gasteiger partial charge on any atom is -0.0260 e. The number of hydrogen-bond donors (Lipinski definition) is 0. The molecule has 0 aromatic heterocycles. The quantitative estimate of drug-likeness (QED) is 0.245. The van der Waals surface area contributed by atoms with Crippen molar-refractivity contribution in [1.82, 2.24) is 0 Å². The Labute approximate surface area is 192 Å². The van der Waals surface area contributed by atoms with E-state index in [1.165, 1.54) is 0 Å². The van der Waals surface area contributed by atoms with Crippen molar-refractivity contribution in [1.29, 1.82) is 0 Å². The summed E-state index contributed by atoms with van der Waals surface area (Å²) in [5.74, 6) is 3.09. The van der Waals surface area contributed by atoms with Crippen molar-refractivity contribution >= 4 is 31.7 Å². The summed E-state index contributed by atoms with van der Waals surface area (Å²) in [6.07, 6.45) is 0. The molecule has 0 amide bonds. The van der Waals surface area contributed by atoms with Gasteiger partial charge in [-0.25, -0.2) is 0 Å². The smallest absolute Gasteiger partial charge is 0.0260 e. The Morgan fingerprint density at radius 3 is 0.556 bits per heavy atom. The van der Waals surface area contributed by atoms with Crippen LogP contribution in [0.15, 0.2) is 0 Å². The molecule has 1 radical (unpaired) electrons. The Kier molecular flexibility index (Phi) is 16.4. The Morgan fingerprint density at radius 1 is 0.370 bits per heavy atom. The third kappa shape index (κ3) is 16.7. The van der Waals surface area contributed by atoms with Crippen LogP contribution in [0.5, 0.6) is 0 Å². The molecule has 0 nitrogen and oxygen atoms in total. The van der Waals surface area contributed by atoms with E-state index < -0.39 is 0 Å². The van der Waals surface area contributed by atoms with Gasteiger partial charge in [0.05, 0.1) is 47.3 Å². The van der Waals surface area contributed by atoms with E-state index in [0.717, 1.165) is 0 Å². The molecule has 4 atom stereocenters. The van der Waals surface area contributed by atoms with Crippen LogP contribution in [-0.4, -0.2) is 59.1 Å². The maximum Gasteiger partial charge on any atom is 0.155 e. The summed E-state index contributed by atoms with van der Waals surface area (Å²) in [5.41, 5.74) is 0. The molecule has 0 saturated heterocycles. The van der Waals surface area contributed by atoms with Crippen molar-refractivity contribution in [3.63, 3.8) is 0 Å². The zero-order valence-electron chi connectivity index (χ0n) is 21.7. The molecule has 169 valence electrons. The van der Waals surface area contributed by atoms with Crippen LogP contribution in [0.25, 0.3) is 0 Å². The van der Waals surface area contributed by atoms with E-state index in [-0.39, 0.29) is 51.2 Å². The first kappa shape index (κ1) is 34.0. The molecule has 4 unspecified atom stereocenters. The molecule has 0 bridgehead atoms. The molecule has 0 aromatic rings. The van der Waals surface area contributed by atoms with Crippen molar-refractivity contribution in [2.45, 2.75) is 104 Å². The summed E-state index contributed by atoms with van der Waals surface area (Å²) in [4.78, 5) is 0. The largest absolute Gasteiger partial charge is 0.155 e. The zero-order chi connectivity index (χ0) is 21.7. The van der Waals surface area contributed by atoms with Crippen LogP contribution in [0, 0.1) is 0 Å². The van der Waals surface area contributed by atoms with E-state index >= 15 is 0 Å². The second-order valence-corrected chi connectivity index (χ2v) is 27.5. The van der Waals surface area contributed by atoms with E-state index in [4.69, 9.17) is 0 Å². The molecular weight excluding hydrogens is 491 g/mol. The molecule has 5 heteroatoms. The maximum atomic E-state index is 2.50. The monoisotopic (exact) mass is 547 g/mol. The van der Waals surface area contributed by atoms with Gasteiger partial charge in [0.2, 0.25) is 0 Å². The molecule has 0 saturated carbocycles. The first-order chi connectivity index (χ1) is 11.1. The van der Waals surface area contributed by atoms with Gasteiger partial charge < -0.3 is 0 Å². The summed E-state index contributed by atoms with van der Waals surface area (Å²) in [6.45, 7) is 38.8. The predicted molar refractivity (Wildman–Crippen MR) is 146 cm³/mol. The van der Waals surface area contributed by atoms with Gasteiger partial charge in [0, 0.05) is 51.2 Å². The molecule has 0 rings (SSSR count). The Bertz CT molecular complexity index is 309. The minimum atomic E-state index is -0.141. The normalized spacial score (nSPS) is 17.8. The van der Waals surface area contributed by atoms with Gasteiger partial charge in [-0.15, -0.1) is 0 Å². The van der Waals surface area contributed by atoms with Crippen LogP contribution in [0.4, 0.5) is 0 Å². The summed E-state index contributed by atoms with van der Waals surface area (Å²) in [5, 5.41) is 2.34. The van der Waals surface area contributed by atoms with E-state index in [1.807, 2.05) is 0 Å². The average Bonchev–Trinajstić information content (AvgIpc) is 2.34. The second-order valence-electron chi connectivity index (χ2n) is 12.5. The van der Waals surface area contributed by atoms with Gasteiger partial charge >= 0.3 is 0 Å². The Morgan fingerprint density at radius 2 is 0.481 bits per heavy atom. The van der Waals surface area contributed by atoms with Crippen molar-refractivity contribution in [2.24, 2.45) is 0 Å². The fourth-order valence-corrected chi connectivity index (χ4v) is 16.7. The maximum absolute atomic E-state index is 2.50. The summed E-state index contributed by atoms with van der Waals surface area (Å²) < 4.78 is 0. The summed E-state index contributed by atoms with van der Waals surface area (Å²) >= 11 is 0. The van der Waals surface area contributed by atoms with Gasteiger partial charge in [0.25, 0.3) is 0 Å². The first-order valence-electron chi connectivity index (χ1n) is 10.4. The van der Waals surface area contributed by atoms with E-state index in [9.17, 15) is 0 Å². The predicted octanol–water partition coefficient (Wildman–Crippen LogP) is 8.46. The van der Waals surface area contributed by atoms with Gasteiger partial charge in [-0.3, -0.25) is 0 Å². The van der Waals surface area contributed by atoms with Crippen LogP contribution in [0.3, 0.4) is 0 Å². The molecular formula is C22H56P4Rh+4. The SMILES string of the molecule is C[PH+](C[PH+](C)C(C)(C)C)C(C)(C)C.C[PH+](C[PH+](C)C(C)(C)C)C(C)(C)C.[Rh]. The Balaban J connectivity index is -0.000000411. The van der Waals surface area contributed by atoms with Crippen molar-refractivity contribution in [3.8, 4) is 0 Å². The number of rotatable bonds is 4. The van der Waals surface area contributed by atoms with Gasteiger partial charge in [0.1, 0.15) is 0 Å². The van der Waals surface area contributed by atoms with Crippen molar-refractivity contribution in [2.75, 3.05) is 38.5 Å². The molecule has 0 heterocycles. The number of hydrogen-bond acceptors (Lipinski definition) is 0. The zero-order valence-corrected chi connectivity index (χ0v) is 27.4. The molecule has 0 aliphatic rings. The summed E-state index contributed by atoms with van der Waals surface area (Å²) in [7, 11) is -0.566. The van der Waals surface area contributed by atoms with Crippen LogP contribution in [0.2, 0.25) is 0 Å². The fourth-order valence-electron chi connectivity index (χ4n) is 1.86. The minimum absolute atomic E-state index is 0. The van der Waals surface area contributed by atoms with E-state index in [1.54, 1.807) is 11.8 Å². The molecule has 0 aliphatic heterocycles. The molecule has 0 spiro atoms. The van der Waals surface area contributed by atoms with Gasteiger partial charge in [0.15, 0.2) is 11.8 Å². The van der Waals surface area contributed by atoms with Gasteiger partial charge in [-0.2, -0.15) is 0 Å². The molecule has 0 fully saturated rings. The summed E-state index contributed by atoms with van der Waals surface area (Å²) in [6, 6.07) is 0. The van der Waals surface area contributed by atoms with E-state index in [0.29, 0.717) is 20.6 Å². The standard InChI is InChI=1S/2C11H26P2.Rh/c2*1-10(2,3)12(7)9-13(8)11(4,5)6;/h2*9H2,1-8H3;/p+4. The van der Waals surface area contributed by atoms with Gasteiger partial charge in [-0.05, 0) is 83.1 Å². The topological polar surface area (TPSA) is 0 Å². The molecule has 0 aromatic carbocycles. The van der Waals surface area contributed by atoms with Crippen LogP contribution in [0.1, 0.15) is 83.1 Å². The fraction of sp³-hybridized carbons (Fsp3) is 1.00. The third-order valence-corrected chi connectivity index (χ3v) is 24.9. The first-order valence-corrected chi connectivity index (χ1v) is 19.2. The molecule has 27 heavy (non-hydrogen) atoms. The van der Waals surface area contributed by atoms with Crippen LogP contribution >= 0.6 is 31.7 Å². The third-order valence-electron chi connectivity index (χ3n) is 6.18. The van der Waals surface area contributed by atoms with E-state index in [2.05, 4.69) is 110 Å².